The maximum absolute atomic E-state index is 12.4. The Hall–Kier alpha value is -1.17. The Kier molecular flexibility index (Phi) is 4.32. The predicted octanol–water partition coefficient (Wildman–Crippen LogP) is 1.59. The van der Waals surface area contributed by atoms with E-state index in [-0.39, 0.29) is 10.7 Å². The van der Waals surface area contributed by atoms with Gasteiger partial charge in [0, 0.05) is 35.3 Å². The standard InChI is InChI=1S/C14H23N3O2S/c1-10(2)7-11-8-12(16-15-11)13(18)17-5-6-20(19)14(3,4)9-17/h8,10H,5-7,9H2,1-4H3,(H,15,16)/t20-/m1/s1. The number of carbonyl (C=O) groups excluding carboxylic acids is 1. The monoisotopic (exact) mass is 297 g/mol. The molecule has 0 unspecified atom stereocenters. The van der Waals surface area contributed by atoms with Gasteiger partial charge in [0.05, 0.1) is 4.75 Å². The van der Waals surface area contributed by atoms with Crippen LogP contribution in [0.15, 0.2) is 6.07 Å². The summed E-state index contributed by atoms with van der Waals surface area (Å²) in [6, 6.07) is 1.83. The zero-order valence-corrected chi connectivity index (χ0v) is 13.4. The molecule has 1 fully saturated rings. The maximum Gasteiger partial charge on any atom is 0.274 e. The lowest BCUT2D eigenvalue weighted by molar-refractivity contribution is 0.0740. The first kappa shape index (κ1) is 15.2. The van der Waals surface area contributed by atoms with Crippen molar-refractivity contribution < 1.29 is 9.00 Å². The quantitative estimate of drug-likeness (QED) is 0.921. The molecular weight excluding hydrogens is 274 g/mol. The Labute approximate surface area is 122 Å². The number of nitrogens with zero attached hydrogens (tertiary/aromatic N) is 2. The lowest BCUT2D eigenvalue weighted by Crippen LogP contribution is -2.52. The van der Waals surface area contributed by atoms with Gasteiger partial charge in [-0.15, -0.1) is 0 Å². The summed E-state index contributed by atoms with van der Waals surface area (Å²) in [5.74, 6) is 0.998. The van der Waals surface area contributed by atoms with Crippen molar-refractivity contribution in [1.82, 2.24) is 15.1 Å². The van der Waals surface area contributed by atoms with Gasteiger partial charge in [-0.2, -0.15) is 5.10 Å². The second-order valence-corrected chi connectivity index (χ2v) is 8.62. The van der Waals surface area contributed by atoms with E-state index in [9.17, 15) is 9.00 Å². The van der Waals surface area contributed by atoms with E-state index >= 15 is 0 Å². The lowest BCUT2D eigenvalue weighted by atomic mass is 10.1. The molecule has 0 aliphatic carbocycles. The second-order valence-electron chi connectivity index (χ2n) is 6.41. The van der Waals surface area contributed by atoms with Crippen LogP contribution in [0, 0.1) is 5.92 Å². The molecule has 1 aliphatic rings. The van der Waals surface area contributed by atoms with Gasteiger partial charge in [-0.3, -0.25) is 14.1 Å². The summed E-state index contributed by atoms with van der Waals surface area (Å²) in [6.07, 6.45) is 0.885. The summed E-state index contributed by atoms with van der Waals surface area (Å²) in [5.41, 5.74) is 1.45. The second kappa shape index (κ2) is 5.68. The van der Waals surface area contributed by atoms with Crippen LogP contribution < -0.4 is 0 Å². The molecule has 1 atom stereocenters. The van der Waals surface area contributed by atoms with E-state index in [0.29, 0.717) is 30.5 Å². The number of rotatable bonds is 3. The molecule has 1 amide bonds. The number of aromatic amines is 1. The fraction of sp³-hybridized carbons (Fsp3) is 0.714. The van der Waals surface area contributed by atoms with Crippen LogP contribution in [0.3, 0.4) is 0 Å². The van der Waals surface area contributed by atoms with Crippen molar-refractivity contribution in [2.75, 3.05) is 18.8 Å². The molecule has 112 valence electrons. The van der Waals surface area contributed by atoms with Gasteiger partial charge in [0.15, 0.2) is 0 Å². The lowest BCUT2D eigenvalue weighted by Gasteiger charge is -2.36. The fourth-order valence-corrected chi connectivity index (χ4v) is 3.67. The SMILES string of the molecule is CC(C)Cc1cc(C(=O)N2CC[S@@](=O)C(C)(C)C2)n[nH]1. The highest BCUT2D eigenvalue weighted by molar-refractivity contribution is 7.86. The number of aromatic nitrogens is 2. The van der Waals surface area contributed by atoms with Gasteiger partial charge in [0.25, 0.3) is 5.91 Å². The molecule has 0 radical (unpaired) electrons. The molecule has 0 aromatic carbocycles. The number of amides is 1. The highest BCUT2D eigenvalue weighted by Crippen LogP contribution is 2.21. The van der Waals surface area contributed by atoms with Crippen molar-refractivity contribution in [2.45, 2.75) is 38.9 Å². The van der Waals surface area contributed by atoms with Gasteiger partial charge in [0.1, 0.15) is 5.69 Å². The van der Waals surface area contributed by atoms with Crippen molar-refractivity contribution in [3.8, 4) is 0 Å². The predicted molar refractivity (Wildman–Crippen MR) is 80.1 cm³/mol. The van der Waals surface area contributed by atoms with Crippen LogP contribution in [0.4, 0.5) is 0 Å². The van der Waals surface area contributed by atoms with Crippen molar-refractivity contribution in [2.24, 2.45) is 5.92 Å². The van der Waals surface area contributed by atoms with Gasteiger partial charge in [0.2, 0.25) is 0 Å². The Morgan fingerprint density at radius 1 is 1.55 bits per heavy atom. The molecule has 0 bridgehead atoms. The molecule has 1 aliphatic heterocycles. The molecule has 1 aromatic rings. The molecule has 1 aromatic heterocycles. The van der Waals surface area contributed by atoms with E-state index in [2.05, 4.69) is 24.0 Å². The fourth-order valence-electron chi connectivity index (χ4n) is 2.43. The van der Waals surface area contributed by atoms with Crippen LogP contribution in [0.25, 0.3) is 0 Å². The Balaban J connectivity index is 2.08. The number of hydrogen-bond acceptors (Lipinski definition) is 3. The molecule has 1 saturated heterocycles. The minimum atomic E-state index is -0.869. The maximum atomic E-state index is 12.4. The minimum Gasteiger partial charge on any atom is -0.335 e. The van der Waals surface area contributed by atoms with Crippen molar-refractivity contribution in [1.29, 1.82) is 0 Å². The van der Waals surface area contributed by atoms with Crippen LogP contribution in [0.2, 0.25) is 0 Å². The van der Waals surface area contributed by atoms with Gasteiger partial charge < -0.3 is 4.90 Å². The van der Waals surface area contributed by atoms with Gasteiger partial charge in [-0.05, 0) is 32.3 Å². The topological polar surface area (TPSA) is 66.1 Å². The Morgan fingerprint density at radius 2 is 2.25 bits per heavy atom. The molecule has 2 heterocycles. The van der Waals surface area contributed by atoms with Gasteiger partial charge in [-0.1, -0.05) is 13.8 Å². The normalized spacial score (nSPS) is 22.2. The zero-order valence-electron chi connectivity index (χ0n) is 12.6. The van der Waals surface area contributed by atoms with Gasteiger partial charge in [-0.25, -0.2) is 0 Å². The summed E-state index contributed by atoms with van der Waals surface area (Å²) in [4.78, 5) is 14.2. The average Bonchev–Trinajstić information content (AvgIpc) is 2.79. The van der Waals surface area contributed by atoms with Crippen molar-refractivity contribution in [3.05, 3.63) is 17.5 Å². The van der Waals surface area contributed by atoms with Crippen molar-refractivity contribution in [3.63, 3.8) is 0 Å². The van der Waals surface area contributed by atoms with E-state index < -0.39 is 10.8 Å². The number of nitrogens with one attached hydrogen (secondary N) is 1. The smallest absolute Gasteiger partial charge is 0.274 e. The summed E-state index contributed by atoms with van der Waals surface area (Å²) < 4.78 is 11.6. The molecule has 20 heavy (non-hydrogen) atoms. The molecule has 0 spiro atoms. The van der Waals surface area contributed by atoms with E-state index in [1.165, 1.54) is 0 Å². The highest BCUT2D eigenvalue weighted by atomic mass is 32.2. The van der Waals surface area contributed by atoms with Crippen LogP contribution in [0.5, 0.6) is 0 Å². The Morgan fingerprint density at radius 3 is 2.85 bits per heavy atom. The van der Waals surface area contributed by atoms with E-state index in [0.717, 1.165) is 12.1 Å². The van der Waals surface area contributed by atoms with Crippen LogP contribution in [-0.4, -0.2) is 48.8 Å². The molecule has 0 saturated carbocycles. The molecule has 5 nitrogen and oxygen atoms in total. The molecular formula is C14H23N3O2S. The van der Waals surface area contributed by atoms with Crippen LogP contribution >= 0.6 is 0 Å². The summed E-state index contributed by atoms with van der Waals surface area (Å²) in [5, 5.41) is 7.05. The number of hydrogen-bond donors (Lipinski definition) is 1. The third-order valence-corrected chi connectivity index (χ3v) is 5.42. The molecule has 6 heteroatoms. The average molecular weight is 297 g/mol. The highest BCUT2D eigenvalue weighted by Gasteiger charge is 2.36. The first-order valence-electron chi connectivity index (χ1n) is 7.01. The number of carbonyl (C=O) groups is 1. The van der Waals surface area contributed by atoms with Crippen LogP contribution in [0.1, 0.15) is 43.9 Å². The Bertz CT molecular complexity index is 522. The number of H-pyrrole nitrogens is 1. The first-order chi connectivity index (χ1) is 9.29. The van der Waals surface area contributed by atoms with Gasteiger partial charge >= 0.3 is 0 Å². The third kappa shape index (κ3) is 3.29. The van der Waals surface area contributed by atoms with E-state index in [1.54, 1.807) is 4.90 Å². The van der Waals surface area contributed by atoms with Crippen LogP contribution in [-0.2, 0) is 17.2 Å². The van der Waals surface area contributed by atoms with Crippen molar-refractivity contribution >= 4 is 16.7 Å². The van der Waals surface area contributed by atoms with E-state index in [1.807, 2.05) is 19.9 Å². The third-order valence-electron chi connectivity index (χ3n) is 3.50. The summed E-state index contributed by atoms with van der Waals surface area (Å²) in [7, 11) is -0.869. The molecule has 2 rings (SSSR count). The molecule has 1 N–H and O–H groups in total. The first-order valence-corrected chi connectivity index (χ1v) is 8.33. The minimum absolute atomic E-state index is 0.0685. The largest absolute Gasteiger partial charge is 0.335 e. The summed E-state index contributed by atoms with van der Waals surface area (Å²) in [6.45, 7) is 9.20. The summed E-state index contributed by atoms with van der Waals surface area (Å²) >= 11 is 0. The zero-order chi connectivity index (χ0) is 14.9. The van der Waals surface area contributed by atoms with E-state index in [4.69, 9.17) is 0 Å².